The molecule has 1 saturated heterocycles. The predicted octanol–water partition coefficient (Wildman–Crippen LogP) is 5.63. The van der Waals surface area contributed by atoms with Gasteiger partial charge in [-0.15, -0.1) is 0 Å². The molecular formula is C33H34NO2SSi. The van der Waals surface area contributed by atoms with Crippen molar-refractivity contribution in [1.82, 2.24) is 4.31 Å². The fourth-order valence-corrected chi connectivity index (χ4v) is 9.75. The highest BCUT2D eigenvalue weighted by Crippen LogP contribution is 2.33. The molecule has 0 N–H and O–H groups in total. The molecule has 38 heavy (non-hydrogen) atoms. The smallest absolute Gasteiger partial charge is 0.207 e. The molecule has 4 aromatic rings. The van der Waals surface area contributed by atoms with E-state index in [1.54, 1.807) is 16.4 Å². The predicted molar refractivity (Wildman–Crippen MR) is 160 cm³/mol. The molecule has 0 amide bonds. The van der Waals surface area contributed by atoms with Crippen molar-refractivity contribution in [2.75, 3.05) is 13.1 Å². The summed E-state index contributed by atoms with van der Waals surface area (Å²) in [4.78, 5) is 0.367. The van der Waals surface area contributed by atoms with E-state index in [0.29, 0.717) is 18.0 Å². The van der Waals surface area contributed by atoms with Gasteiger partial charge in [0.2, 0.25) is 10.0 Å². The Morgan fingerprint density at radius 2 is 1.32 bits per heavy atom. The molecule has 0 aromatic heterocycles. The lowest BCUT2D eigenvalue weighted by molar-refractivity contribution is 0.464. The molecule has 0 saturated carbocycles. The van der Waals surface area contributed by atoms with Crippen LogP contribution < -0.4 is 10.4 Å². The number of sulfonamides is 1. The zero-order chi connectivity index (χ0) is 26.7. The highest BCUT2D eigenvalue weighted by molar-refractivity contribution is 7.89. The number of benzene rings is 4. The van der Waals surface area contributed by atoms with Crippen molar-refractivity contribution in [2.24, 2.45) is 5.92 Å². The van der Waals surface area contributed by atoms with E-state index in [2.05, 4.69) is 98.8 Å². The van der Waals surface area contributed by atoms with Crippen LogP contribution in [0.25, 0.3) is 6.08 Å². The number of hydrogen-bond acceptors (Lipinski definition) is 2. The summed E-state index contributed by atoms with van der Waals surface area (Å²) in [6.07, 6.45) is 2.24. The lowest BCUT2D eigenvalue weighted by Gasteiger charge is -2.21. The average Bonchev–Trinajstić information content (AvgIpc) is 3.31. The second-order valence-corrected chi connectivity index (χ2v) is 14.8. The van der Waals surface area contributed by atoms with E-state index in [9.17, 15) is 8.42 Å². The van der Waals surface area contributed by atoms with Crippen LogP contribution in [0, 0.1) is 26.7 Å². The summed E-state index contributed by atoms with van der Waals surface area (Å²) in [7, 11) is -4.71. The van der Waals surface area contributed by atoms with Crippen molar-refractivity contribution in [3.63, 3.8) is 0 Å². The third-order valence-corrected chi connectivity index (χ3v) is 12.0. The molecule has 1 aliphatic rings. The lowest BCUT2D eigenvalue weighted by Crippen LogP contribution is -2.43. The Bertz CT molecular complexity index is 1470. The quantitative estimate of drug-likeness (QED) is 0.287. The van der Waals surface area contributed by atoms with Crippen LogP contribution in [0.3, 0.4) is 0 Å². The minimum atomic E-state index is -3.59. The second-order valence-electron chi connectivity index (χ2n) is 10.4. The van der Waals surface area contributed by atoms with Crippen LogP contribution in [0.4, 0.5) is 0 Å². The van der Waals surface area contributed by atoms with E-state index in [0.717, 1.165) is 17.2 Å². The van der Waals surface area contributed by atoms with Crippen LogP contribution in [0.5, 0.6) is 0 Å². The summed E-state index contributed by atoms with van der Waals surface area (Å²) < 4.78 is 29.1. The van der Waals surface area contributed by atoms with E-state index in [1.807, 2.05) is 19.1 Å². The number of rotatable bonds is 7. The van der Waals surface area contributed by atoms with Crippen LogP contribution in [0.15, 0.2) is 114 Å². The molecule has 1 atom stereocenters. The monoisotopic (exact) mass is 536 g/mol. The van der Waals surface area contributed by atoms with Crippen molar-refractivity contribution in [3.05, 3.63) is 131 Å². The average molecular weight is 537 g/mol. The van der Waals surface area contributed by atoms with Gasteiger partial charge in [-0.3, -0.25) is 0 Å². The van der Waals surface area contributed by atoms with Crippen molar-refractivity contribution >= 4 is 35.3 Å². The summed E-state index contributed by atoms with van der Waals surface area (Å²) in [5.41, 5.74) is 5.82. The van der Waals surface area contributed by atoms with E-state index in [4.69, 9.17) is 0 Å². The zero-order valence-electron chi connectivity index (χ0n) is 22.3. The topological polar surface area (TPSA) is 37.4 Å². The summed E-state index contributed by atoms with van der Waals surface area (Å²) in [5, 5.41) is 2.71. The molecule has 1 unspecified atom stereocenters. The van der Waals surface area contributed by atoms with Crippen molar-refractivity contribution in [2.45, 2.75) is 31.7 Å². The first-order valence-corrected chi connectivity index (χ1v) is 16.3. The molecule has 5 heteroatoms. The van der Waals surface area contributed by atoms with Gasteiger partial charge in [-0.2, -0.15) is 4.31 Å². The molecule has 1 radical (unpaired) electrons. The largest absolute Gasteiger partial charge is 0.243 e. The first-order valence-electron chi connectivity index (χ1n) is 13.1. The van der Waals surface area contributed by atoms with Crippen molar-refractivity contribution < 1.29 is 8.42 Å². The summed E-state index contributed by atoms with van der Waals surface area (Å²) >= 11 is 0. The Morgan fingerprint density at radius 1 is 0.763 bits per heavy atom. The third-order valence-electron chi connectivity index (χ3n) is 7.26. The molecule has 4 aromatic carbocycles. The minimum absolute atomic E-state index is 0.144. The Kier molecular flexibility index (Phi) is 7.79. The molecule has 0 bridgehead atoms. The maximum absolute atomic E-state index is 13.7. The van der Waals surface area contributed by atoms with Gasteiger partial charge in [-0.25, -0.2) is 8.42 Å². The molecule has 0 spiro atoms. The standard InChI is InChI=1S/C33H34NO2SSi/c1-25-14-16-31(17-15-25)37(35,36)34-22-29(21-28-19-26(2)18-27(3)20-28)30(23-34)24-38(32-10-6-4-7-11-32)33-12-8-5-9-13-33/h4-21,30H,22-24H2,1-3H3/b29-21+. The molecule has 1 fully saturated rings. The Balaban J connectivity index is 1.54. The van der Waals surface area contributed by atoms with E-state index >= 15 is 0 Å². The molecule has 3 nitrogen and oxygen atoms in total. The van der Waals surface area contributed by atoms with Gasteiger partial charge in [0.25, 0.3) is 0 Å². The normalized spacial score (nSPS) is 17.4. The number of nitrogens with zero attached hydrogens (tertiary/aromatic N) is 1. The molecule has 193 valence electrons. The third kappa shape index (κ3) is 5.91. The Labute approximate surface area is 229 Å². The van der Waals surface area contributed by atoms with Gasteiger partial charge in [-0.1, -0.05) is 130 Å². The molecular weight excluding hydrogens is 503 g/mol. The second kappa shape index (κ2) is 11.2. The van der Waals surface area contributed by atoms with Crippen LogP contribution in [0.2, 0.25) is 6.04 Å². The first-order chi connectivity index (χ1) is 18.3. The zero-order valence-corrected chi connectivity index (χ0v) is 24.1. The molecule has 0 aliphatic carbocycles. The highest BCUT2D eigenvalue weighted by Gasteiger charge is 2.37. The van der Waals surface area contributed by atoms with Crippen LogP contribution >= 0.6 is 0 Å². The Hall–Kier alpha value is -3.25. The van der Waals surface area contributed by atoms with Gasteiger partial charge in [-0.05, 0) is 50.4 Å². The number of aryl methyl sites for hydroxylation is 3. The number of hydrogen-bond donors (Lipinski definition) is 0. The Morgan fingerprint density at radius 3 is 1.87 bits per heavy atom. The van der Waals surface area contributed by atoms with Gasteiger partial charge < -0.3 is 0 Å². The highest BCUT2D eigenvalue weighted by atomic mass is 32.2. The van der Waals surface area contributed by atoms with E-state index in [-0.39, 0.29) is 5.92 Å². The van der Waals surface area contributed by atoms with Gasteiger partial charge >= 0.3 is 0 Å². The van der Waals surface area contributed by atoms with Crippen LogP contribution in [-0.4, -0.2) is 34.6 Å². The van der Waals surface area contributed by atoms with Gasteiger partial charge in [0.15, 0.2) is 0 Å². The molecule has 1 aliphatic heterocycles. The lowest BCUT2D eigenvalue weighted by atomic mass is 10.00. The summed E-state index contributed by atoms with van der Waals surface area (Å²) in [5.74, 6) is 0.144. The van der Waals surface area contributed by atoms with Crippen LogP contribution in [-0.2, 0) is 10.0 Å². The SMILES string of the molecule is Cc1ccc(S(=O)(=O)N2C/C(=C\c3cc(C)cc(C)c3)C(C[Si](c3ccccc3)c3ccccc3)C2)cc1. The van der Waals surface area contributed by atoms with Gasteiger partial charge in [0, 0.05) is 13.1 Å². The summed E-state index contributed by atoms with van der Waals surface area (Å²) in [6.45, 7) is 7.12. The molecule has 5 rings (SSSR count). The van der Waals surface area contributed by atoms with Gasteiger partial charge in [0.1, 0.15) is 8.80 Å². The molecule has 1 heterocycles. The maximum Gasteiger partial charge on any atom is 0.243 e. The first kappa shape index (κ1) is 26.4. The van der Waals surface area contributed by atoms with Crippen molar-refractivity contribution in [3.8, 4) is 0 Å². The van der Waals surface area contributed by atoms with Gasteiger partial charge in [0.05, 0.1) is 4.90 Å². The minimum Gasteiger partial charge on any atom is -0.207 e. The van der Waals surface area contributed by atoms with Crippen molar-refractivity contribution in [1.29, 1.82) is 0 Å². The summed E-state index contributed by atoms with van der Waals surface area (Å²) in [6, 6.07) is 36.2. The van der Waals surface area contributed by atoms with Crippen LogP contribution in [0.1, 0.15) is 22.3 Å². The fraction of sp³-hybridized carbons (Fsp3) is 0.212. The van der Waals surface area contributed by atoms with E-state index < -0.39 is 18.8 Å². The maximum atomic E-state index is 13.7. The fourth-order valence-electron chi connectivity index (χ4n) is 5.40. The van der Waals surface area contributed by atoms with E-state index in [1.165, 1.54) is 27.1 Å².